The Labute approximate surface area is 159 Å². The molecule has 0 aliphatic carbocycles. The molecule has 0 aliphatic heterocycles. The number of benzene rings is 2. The van der Waals surface area contributed by atoms with Gasteiger partial charge in [0.2, 0.25) is 0 Å². The van der Waals surface area contributed by atoms with Crippen molar-refractivity contribution in [2.24, 2.45) is 5.10 Å². The summed E-state index contributed by atoms with van der Waals surface area (Å²) < 4.78 is 10.7. The minimum atomic E-state index is -0.359. The van der Waals surface area contributed by atoms with Gasteiger partial charge in [0.1, 0.15) is 11.5 Å². The van der Waals surface area contributed by atoms with Crippen LogP contribution in [-0.2, 0) is 10.2 Å². The smallest absolute Gasteiger partial charge is 0.277 e. The molecule has 0 aliphatic rings. The Morgan fingerprint density at radius 2 is 1.88 bits per heavy atom. The molecule has 0 spiro atoms. The highest BCUT2D eigenvalue weighted by atomic mass is 35.5. The van der Waals surface area contributed by atoms with Crippen LogP contribution in [0.3, 0.4) is 0 Å². The predicted molar refractivity (Wildman–Crippen MR) is 104 cm³/mol. The summed E-state index contributed by atoms with van der Waals surface area (Å²) in [4.78, 5) is 11.8. The van der Waals surface area contributed by atoms with Crippen LogP contribution in [0, 0.1) is 0 Å². The van der Waals surface area contributed by atoms with Crippen LogP contribution in [0.1, 0.15) is 31.9 Å². The molecule has 5 nitrogen and oxygen atoms in total. The summed E-state index contributed by atoms with van der Waals surface area (Å²) in [6.07, 6.45) is 1.47. The van der Waals surface area contributed by atoms with Gasteiger partial charge in [0.15, 0.2) is 6.61 Å². The van der Waals surface area contributed by atoms with Gasteiger partial charge in [-0.3, -0.25) is 4.79 Å². The van der Waals surface area contributed by atoms with Gasteiger partial charge in [-0.2, -0.15) is 5.10 Å². The van der Waals surface area contributed by atoms with Crippen LogP contribution in [0.4, 0.5) is 0 Å². The summed E-state index contributed by atoms with van der Waals surface area (Å²) >= 11 is 5.95. The number of methoxy groups -OCH3 is 1. The van der Waals surface area contributed by atoms with E-state index in [0.717, 1.165) is 0 Å². The predicted octanol–water partition coefficient (Wildman–Crippen LogP) is 4.18. The fourth-order valence-corrected chi connectivity index (χ4v) is 2.39. The molecule has 1 amide bonds. The molecule has 0 atom stereocenters. The van der Waals surface area contributed by atoms with Crippen LogP contribution >= 0.6 is 11.6 Å². The van der Waals surface area contributed by atoms with Gasteiger partial charge >= 0.3 is 0 Å². The third-order valence-electron chi connectivity index (χ3n) is 3.67. The lowest BCUT2D eigenvalue weighted by Crippen LogP contribution is -2.24. The van der Waals surface area contributed by atoms with Crippen molar-refractivity contribution >= 4 is 23.7 Å². The molecular formula is C20H23ClN2O3. The summed E-state index contributed by atoms with van der Waals surface area (Å²) in [7, 11) is 1.55. The highest BCUT2D eigenvalue weighted by molar-refractivity contribution is 6.30. The second kappa shape index (κ2) is 8.72. The number of rotatable bonds is 6. The first-order valence-corrected chi connectivity index (χ1v) is 8.56. The van der Waals surface area contributed by atoms with Crippen molar-refractivity contribution < 1.29 is 14.3 Å². The standard InChI is InChI=1S/C20H23ClN2O3/c1-20(2,3)15-5-8-17(9-6-15)26-13-19(24)23-22-12-14-11-16(21)7-10-18(14)25-4/h5-12H,13H2,1-4H3,(H,23,24). The molecule has 0 aromatic heterocycles. The quantitative estimate of drug-likeness (QED) is 0.609. The maximum absolute atomic E-state index is 11.8. The molecule has 0 unspecified atom stereocenters. The fourth-order valence-electron chi connectivity index (χ4n) is 2.21. The van der Waals surface area contributed by atoms with E-state index in [-0.39, 0.29) is 17.9 Å². The zero-order valence-electron chi connectivity index (χ0n) is 15.4. The molecule has 26 heavy (non-hydrogen) atoms. The Bertz CT molecular complexity index is 781. The minimum absolute atomic E-state index is 0.0754. The molecule has 0 radical (unpaired) electrons. The van der Waals surface area contributed by atoms with Crippen molar-refractivity contribution in [3.63, 3.8) is 0 Å². The lowest BCUT2D eigenvalue weighted by Gasteiger charge is -2.19. The first kappa shape index (κ1) is 19.8. The number of hydrogen-bond donors (Lipinski definition) is 1. The van der Waals surface area contributed by atoms with Gasteiger partial charge in [0.25, 0.3) is 5.91 Å². The fraction of sp³-hybridized carbons (Fsp3) is 0.300. The van der Waals surface area contributed by atoms with Crippen LogP contribution in [0.25, 0.3) is 0 Å². The van der Waals surface area contributed by atoms with Gasteiger partial charge in [-0.25, -0.2) is 5.43 Å². The van der Waals surface area contributed by atoms with E-state index in [2.05, 4.69) is 31.3 Å². The summed E-state index contributed by atoms with van der Waals surface area (Å²) in [5.41, 5.74) is 4.36. The Kier molecular flexibility index (Phi) is 6.64. The van der Waals surface area contributed by atoms with Gasteiger partial charge in [-0.05, 0) is 41.3 Å². The first-order chi connectivity index (χ1) is 12.3. The van der Waals surface area contributed by atoms with Gasteiger partial charge in [-0.1, -0.05) is 44.5 Å². The molecule has 0 bridgehead atoms. The minimum Gasteiger partial charge on any atom is -0.496 e. The van der Waals surface area contributed by atoms with Gasteiger partial charge in [0.05, 0.1) is 13.3 Å². The Morgan fingerprint density at radius 1 is 1.19 bits per heavy atom. The normalized spacial score (nSPS) is 11.4. The number of ether oxygens (including phenoxy) is 2. The van der Waals surface area contributed by atoms with E-state index >= 15 is 0 Å². The number of nitrogens with one attached hydrogen (secondary N) is 1. The van der Waals surface area contributed by atoms with E-state index in [1.807, 2.05) is 24.3 Å². The van der Waals surface area contributed by atoms with Gasteiger partial charge in [-0.15, -0.1) is 0 Å². The van der Waals surface area contributed by atoms with Crippen molar-refractivity contribution in [1.82, 2.24) is 5.43 Å². The summed E-state index contributed by atoms with van der Waals surface area (Å²) in [5.74, 6) is 0.887. The van der Waals surface area contributed by atoms with Crippen LogP contribution in [0.2, 0.25) is 5.02 Å². The molecule has 6 heteroatoms. The molecular weight excluding hydrogens is 352 g/mol. The van der Waals surface area contributed by atoms with Crippen molar-refractivity contribution in [3.8, 4) is 11.5 Å². The maximum atomic E-state index is 11.8. The summed E-state index contributed by atoms with van der Waals surface area (Å²) in [5, 5.41) is 4.46. The van der Waals surface area contributed by atoms with Crippen molar-refractivity contribution in [1.29, 1.82) is 0 Å². The van der Waals surface area contributed by atoms with E-state index in [4.69, 9.17) is 21.1 Å². The Morgan fingerprint density at radius 3 is 2.50 bits per heavy atom. The molecule has 2 aromatic rings. The molecule has 0 heterocycles. The lowest BCUT2D eigenvalue weighted by molar-refractivity contribution is -0.123. The number of hydrazone groups is 1. The molecule has 0 saturated carbocycles. The summed E-state index contributed by atoms with van der Waals surface area (Å²) in [6.45, 7) is 6.30. The number of carbonyl (C=O) groups excluding carboxylic acids is 1. The van der Waals surface area contributed by atoms with E-state index < -0.39 is 0 Å². The second-order valence-electron chi connectivity index (χ2n) is 6.74. The van der Waals surface area contributed by atoms with E-state index in [0.29, 0.717) is 22.1 Å². The van der Waals surface area contributed by atoms with Crippen LogP contribution in [-0.4, -0.2) is 25.8 Å². The molecule has 1 N–H and O–H groups in total. The average Bonchev–Trinajstić information content (AvgIpc) is 2.60. The highest BCUT2D eigenvalue weighted by Gasteiger charge is 2.13. The van der Waals surface area contributed by atoms with E-state index in [1.165, 1.54) is 11.8 Å². The third-order valence-corrected chi connectivity index (χ3v) is 3.91. The Balaban J connectivity index is 1.87. The number of amides is 1. The lowest BCUT2D eigenvalue weighted by atomic mass is 9.87. The first-order valence-electron chi connectivity index (χ1n) is 8.18. The van der Waals surface area contributed by atoms with Crippen molar-refractivity contribution in [2.75, 3.05) is 13.7 Å². The largest absolute Gasteiger partial charge is 0.496 e. The molecule has 2 rings (SSSR count). The number of hydrogen-bond acceptors (Lipinski definition) is 4. The topological polar surface area (TPSA) is 59.9 Å². The average molecular weight is 375 g/mol. The van der Waals surface area contributed by atoms with E-state index in [1.54, 1.807) is 25.3 Å². The summed E-state index contributed by atoms with van der Waals surface area (Å²) in [6, 6.07) is 12.9. The van der Waals surface area contributed by atoms with Crippen molar-refractivity contribution in [3.05, 3.63) is 58.6 Å². The number of halogens is 1. The zero-order valence-corrected chi connectivity index (χ0v) is 16.1. The van der Waals surface area contributed by atoms with Gasteiger partial charge in [0, 0.05) is 10.6 Å². The maximum Gasteiger partial charge on any atom is 0.277 e. The van der Waals surface area contributed by atoms with Gasteiger partial charge < -0.3 is 9.47 Å². The van der Waals surface area contributed by atoms with Crippen LogP contribution < -0.4 is 14.9 Å². The van der Waals surface area contributed by atoms with Crippen LogP contribution in [0.15, 0.2) is 47.6 Å². The Hall–Kier alpha value is -2.53. The van der Waals surface area contributed by atoms with Crippen LogP contribution in [0.5, 0.6) is 11.5 Å². The third kappa shape index (κ3) is 5.77. The molecule has 2 aromatic carbocycles. The number of carbonyl (C=O) groups is 1. The molecule has 0 fully saturated rings. The SMILES string of the molecule is COc1ccc(Cl)cc1C=NNC(=O)COc1ccc(C(C)(C)C)cc1. The van der Waals surface area contributed by atoms with E-state index in [9.17, 15) is 4.79 Å². The second-order valence-corrected chi connectivity index (χ2v) is 7.18. The zero-order chi connectivity index (χ0) is 19.2. The molecule has 138 valence electrons. The highest BCUT2D eigenvalue weighted by Crippen LogP contribution is 2.24. The monoisotopic (exact) mass is 374 g/mol. The van der Waals surface area contributed by atoms with Crippen molar-refractivity contribution in [2.45, 2.75) is 26.2 Å². The molecule has 0 saturated heterocycles. The number of nitrogens with zero attached hydrogens (tertiary/aromatic N) is 1.